The summed E-state index contributed by atoms with van der Waals surface area (Å²) in [7, 11) is 0. The van der Waals surface area contributed by atoms with Gasteiger partial charge >= 0.3 is 0 Å². The summed E-state index contributed by atoms with van der Waals surface area (Å²) < 4.78 is 11.3. The normalized spacial score (nSPS) is 19.3. The van der Waals surface area contributed by atoms with Crippen LogP contribution in [0.15, 0.2) is 60.8 Å². The molecular weight excluding hydrogens is 935 g/mol. The third-order valence-corrected chi connectivity index (χ3v) is 15.1. The van der Waals surface area contributed by atoms with Crippen LogP contribution in [0, 0.1) is 0 Å². The van der Waals surface area contributed by atoms with Crippen molar-refractivity contribution in [1.29, 1.82) is 0 Å². The Morgan fingerprint density at radius 1 is 0.467 bits per heavy atom. The highest BCUT2D eigenvalue weighted by Crippen LogP contribution is 2.23. The zero-order valence-electron chi connectivity index (χ0n) is 48.8. The molecule has 0 spiro atoms. The lowest BCUT2D eigenvalue weighted by Gasteiger charge is -2.40. The SMILES string of the molecule is CC/C=C\C/C=C\C/C=C\C/C=C\C/C=C\CCCCCCCCCCCC(=O)NC(COC1OC(CO)C(O)C(O)C1O)C(O)CCCCCCCCCCCCCCCCCCCCCCCCCCCCC. The van der Waals surface area contributed by atoms with Gasteiger partial charge in [0.2, 0.25) is 5.91 Å². The first kappa shape index (κ1) is 70.9. The van der Waals surface area contributed by atoms with Gasteiger partial charge in [-0.05, 0) is 57.8 Å². The number of hydrogen-bond donors (Lipinski definition) is 6. The number of nitrogens with one attached hydrogen (secondary N) is 1. The van der Waals surface area contributed by atoms with Crippen LogP contribution in [0.25, 0.3) is 0 Å². The van der Waals surface area contributed by atoms with E-state index in [0.29, 0.717) is 12.8 Å². The molecule has 0 aromatic rings. The number of allylic oxidation sites excluding steroid dienone is 10. The minimum absolute atomic E-state index is 0.141. The molecule has 9 nitrogen and oxygen atoms in total. The summed E-state index contributed by atoms with van der Waals surface area (Å²) in [5.74, 6) is -0.149. The smallest absolute Gasteiger partial charge is 0.220 e. The average Bonchev–Trinajstić information content (AvgIpc) is 3.41. The second-order valence-corrected chi connectivity index (χ2v) is 22.2. The maximum Gasteiger partial charge on any atom is 0.220 e. The van der Waals surface area contributed by atoms with E-state index in [1.54, 1.807) is 0 Å². The fourth-order valence-corrected chi connectivity index (χ4v) is 10.1. The Hall–Kier alpha value is -2.11. The highest BCUT2D eigenvalue weighted by molar-refractivity contribution is 5.76. The van der Waals surface area contributed by atoms with E-state index in [2.05, 4.69) is 79.9 Å². The van der Waals surface area contributed by atoms with Crippen molar-refractivity contribution in [1.82, 2.24) is 5.32 Å². The molecular formula is C66H121NO8. The number of aliphatic hydroxyl groups excluding tert-OH is 5. The van der Waals surface area contributed by atoms with Gasteiger partial charge in [-0.25, -0.2) is 0 Å². The molecule has 7 unspecified atom stereocenters. The highest BCUT2D eigenvalue weighted by Gasteiger charge is 2.44. The fraction of sp³-hybridized carbons (Fsp3) is 0.833. The van der Waals surface area contributed by atoms with Crippen molar-refractivity contribution in [2.45, 2.75) is 339 Å². The van der Waals surface area contributed by atoms with E-state index < -0.39 is 49.5 Å². The van der Waals surface area contributed by atoms with Crippen LogP contribution < -0.4 is 5.32 Å². The van der Waals surface area contributed by atoms with Gasteiger partial charge in [0.1, 0.15) is 24.4 Å². The quantitative estimate of drug-likeness (QED) is 0.0261. The van der Waals surface area contributed by atoms with Gasteiger partial charge < -0.3 is 40.3 Å². The number of aliphatic hydroxyl groups is 5. The molecule has 0 radical (unpaired) electrons. The number of hydrogen-bond acceptors (Lipinski definition) is 8. The molecule has 0 aliphatic carbocycles. The third-order valence-electron chi connectivity index (χ3n) is 15.1. The van der Waals surface area contributed by atoms with Crippen molar-refractivity contribution < 1.29 is 39.8 Å². The molecule has 7 atom stereocenters. The zero-order valence-corrected chi connectivity index (χ0v) is 48.8. The van der Waals surface area contributed by atoms with Gasteiger partial charge in [0.05, 0.1) is 25.4 Å². The average molecular weight is 1060 g/mol. The van der Waals surface area contributed by atoms with Gasteiger partial charge in [0, 0.05) is 6.42 Å². The van der Waals surface area contributed by atoms with Gasteiger partial charge in [0.15, 0.2) is 6.29 Å². The molecule has 1 saturated heterocycles. The van der Waals surface area contributed by atoms with E-state index in [0.717, 1.165) is 77.0 Å². The molecule has 1 fully saturated rings. The van der Waals surface area contributed by atoms with Crippen LogP contribution in [0.1, 0.15) is 296 Å². The van der Waals surface area contributed by atoms with Crippen molar-refractivity contribution in [2.75, 3.05) is 13.2 Å². The first-order valence-corrected chi connectivity index (χ1v) is 32.0. The molecule has 6 N–H and O–H groups in total. The summed E-state index contributed by atoms with van der Waals surface area (Å²) in [5, 5.41) is 54.8. The zero-order chi connectivity index (χ0) is 54.3. The van der Waals surface area contributed by atoms with E-state index in [9.17, 15) is 30.3 Å². The third kappa shape index (κ3) is 44.4. The number of ether oxygens (including phenoxy) is 2. The summed E-state index contributed by atoms with van der Waals surface area (Å²) in [6.45, 7) is 3.75. The lowest BCUT2D eigenvalue weighted by molar-refractivity contribution is -0.302. The summed E-state index contributed by atoms with van der Waals surface area (Å²) in [5.41, 5.74) is 0. The second kappa shape index (κ2) is 55.2. The van der Waals surface area contributed by atoms with Crippen molar-refractivity contribution in [2.24, 2.45) is 0 Å². The first-order valence-electron chi connectivity index (χ1n) is 32.0. The van der Waals surface area contributed by atoms with E-state index >= 15 is 0 Å². The fourth-order valence-electron chi connectivity index (χ4n) is 10.1. The molecule has 1 heterocycles. The molecule has 1 rings (SSSR count). The van der Waals surface area contributed by atoms with Gasteiger partial charge in [0.25, 0.3) is 0 Å². The van der Waals surface area contributed by atoms with Crippen molar-refractivity contribution in [3.63, 3.8) is 0 Å². The Balaban J connectivity index is 2.17. The molecule has 0 bridgehead atoms. The summed E-state index contributed by atoms with van der Waals surface area (Å²) in [4.78, 5) is 13.1. The van der Waals surface area contributed by atoms with Crippen LogP contribution in [0.3, 0.4) is 0 Å². The number of amides is 1. The topological polar surface area (TPSA) is 149 Å². The molecule has 0 aromatic carbocycles. The van der Waals surface area contributed by atoms with Crippen molar-refractivity contribution >= 4 is 5.91 Å². The van der Waals surface area contributed by atoms with Crippen LogP contribution in [0.5, 0.6) is 0 Å². The Bertz CT molecular complexity index is 1360. The Labute approximate surface area is 462 Å². The first-order chi connectivity index (χ1) is 36.8. The molecule has 1 aliphatic rings. The monoisotopic (exact) mass is 1060 g/mol. The Morgan fingerprint density at radius 2 is 0.827 bits per heavy atom. The number of unbranched alkanes of at least 4 members (excludes halogenated alkanes) is 35. The minimum atomic E-state index is -1.56. The van der Waals surface area contributed by atoms with E-state index in [1.807, 2.05) is 0 Å². The van der Waals surface area contributed by atoms with E-state index in [1.165, 1.54) is 193 Å². The Kier molecular flexibility index (Phi) is 52.2. The molecule has 1 aliphatic heterocycles. The summed E-state index contributed by atoms with van der Waals surface area (Å²) in [6, 6.07) is -0.727. The van der Waals surface area contributed by atoms with Gasteiger partial charge in [-0.15, -0.1) is 0 Å². The van der Waals surface area contributed by atoms with Gasteiger partial charge in [-0.2, -0.15) is 0 Å². The molecule has 75 heavy (non-hydrogen) atoms. The molecule has 1 amide bonds. The van der Waals surface area contributed by atoms with Gasteiger partial charge in [-0.1, -0.05) is 293 Å². The molecule has 0 aromatic heterocycles. The second-order valence-electron chi connectivity index (χ2n) is 22.2. The standard InChI is InChI=1S/C66H121NO8/c1-3-5-7-9-11-13-15-17-19-21-23-25-27-29-30-32-33-35-37-39-41-43-45-47-49-51-53-55-60(69)59(58-74-66-65(73)64(72)63(71)61(57-68)75-66)67-62(70)56-54-52-50-48-46-44-42-40-38-36-34-31-28-26-24-22-20-18-16-14-12-10-8-6-4-2/h6,8,12,14,18,20,24,26,31,34,59-61,63-66,68-69,71-73H,3-5,7,9-11,13,15-17,19,21-23,25,27-30,32-33,35-58H2,1-2H3,(H,67,70)/b8-6-,14-12-,20-18-,26-24-,34-31-. The van der Waals surface area contributed by atoms with Crippen LogP contribution >= 0.6 is 0 Å². The minimum Gasteiger partial charge on any atom is -0.394 e. The van der Waals surface area contributed by atoms with Crippen LogP contribution in [-0.4, -0.2) is 87.5 Å². The lowest BCUT2D eigenvalue weighted by Crippen LogP contribution is -2.60. The Morgan fingerprint density at radius 3 is 1.23 bits per heavy atom. The summed E-state index contributed by atoms with van der Waals surface area (Å²) in [6.07, 6.45) is 68.3. The predicted molar refractivity (Wildman–Crippen MR) is 318 cm³/mol. The summed E-state index contributed by atoms with van der Waals surface area (Å²) >= 11 is 0. The van der Waals surface area contributed by atoms with Crippen LogP contribution in [0.4, 0.5) is 0 Å². The predicted octanol–water partition coefficient (Wildman–Crippen LogP) is 16.6. The largest absolute Gasteiger partial charge is 0.394 e. The molecule has 9 heteroatoms. The molecule has 0 saturated carbocycles. The maximum atomic E-state index is 13.1. The van der Waals surface area contributed by atoms with Crippen LogP contribution in [-0.2, 0) is 14.3 Å². The maximum absolute atomic E-state index is 13.1. The van der Waals surface area contributed by atoms with Crippen molar-refractivity contribution in [3.05, 3.63) is 60.8 Å². The molecule has 438 valence electrons. The van der Waals surface area contributed by atoms with Crippen molar-refractivity contribution in [3.8, 4) is 0 Å². The number of rotatable bonds is 55. The van der Waals surface area contributed by atoms with Gasteiger partial charge in [-0.3, -0.25) is 4.79 Å². The highest BCUT2D eigenvalue weighted by atomic mass is 16.7. The van der Waals surface area contributed by atoms with E-state index in [4.69, 9.17) is 9.47 Å². The number of carbonyl (C=O) groups excluding carboxylic acids is 1. The van der Waals surface area contributed by atoms with Crippen LogP contribution in [0.2, 0.25) is 0 Å². The lowest BCUT2D eigenvalue weighted by atomic mass is 9.99. The van der Waals surface area contributed by atoms with E-state index in [-0.39, 0.29) is 12.5 Å². The number of carbonyl (C=O) groups is 1.